The van der Waals surface area contributed by atoms with E-state index in [0.717, 1.165) is 0 Å². The Morgan fingerprint density at radius 1 is 1.32 bits per heavy atom. The number of hydrogen-bond acceptors (Lipinski definition) is 4. The first-order chi connectivity index (χ1) is 9.10. The molecule has 1 aromatic carbocycles. The number of aliphatic hydroxyl groups is 1. The zero-order valence-electron chi connectivity index (χ0n) is 10.2. The monoisotopic (exact) mass is 326 g/mol. The number of aliphatic hydroxyl groups excluding tert-OH is 1. The van der Waals surface area contributed by atoms with Gasteiger partial charge in [-0.05, 0) is 23.8 Å². The van der Waals surface area contributed by atoms with Crippen LogP contribution in [-0.2, 0) is 6.42 Å². The Hall–Kier alpha value is -1.53. The van der Waals surface area contributed by atoms with Gasteiger partial charge in [-0.2, -0.15) is 0 Å². The number of benzene rings is 1. The number of rotatable bonds is 4. The number of nitrogens with zero attached hydrogens (tertiary/aromatic N) is 2. The highest BCUT2D eigenvalue weighted by molar-refractivity contribution is 9.10. The van der Waals surface area contributed by atoms with E-state index in [9.17, 15) is 9.50 Å². The molecule has 0 aliphatic rings. The van der Waals surface area contributed by atoms with Gasteiger partial charge in [-0.1, -0.05) is 22.0 Å². The average Bonchev–Trinajstić information content (AvgIpc) is 2.42. The summed E-state index contributed by atoms with van der Waals surface area (Å²) < 4.78 is 19.2. The van der Waals surface area contributed by atoms with Crippen molar-refractivity contribution in [3.8, 4) is 5.88 Å². The van der Waals surface area contributed by atoms with Crippen molar-refractivity contribution >= 4 is 15.9 Å². The van der Waals surface area contributed by atoms with E-state index < -0.39 is 6.10 Å². The van der Waals surface area contributed by atoms with E-state index in [4.69, 9.17) is 4.74 Å². The van der Waals surface area contributed by atoms with Gasteiger partial charge in [0.1, 0.15) is 11.9 Å². The summed E-state index contributed by atoms with van der Waals surface area (Å²) in [5, 5.41) is 17.6. The molecule has 1 unspecified atom stereocenters. The lowest BCUT2D eigenvalue weighted by Gasteiger charge is -2.10. The molecule has 0 aliphatic heterocycles. The molecule has 6 heteroatoms. The standard InChI is InChI=1S/C13H12BrFN2O2/c1-19-13-5-4-11(16-17-13)12(18)6-8-2-3-9(14)7-10(8)15/h2-5,7,12,18H,6H2,1H3. The van der Waals surface area contributed by atoms with Crippen LogP contribution in [0.25, 0.3) is 0 Å². The molecule has 0 bridgehead atoms. The van der Waals surface area contributed by atoms with E-state index in [1.54, 1.807) is 24.3 Å². The first-order valence-electron chi connectivity index (χ1n) is 5.59. The molecule has 0 radical (unpaired) electrons. The van der Waals surface area contributed by atoms with Crippen LogP contribution < -0.4 is 4.74 Å². The Morgan fingerprint density at radius 2 is 2.11 bits per heavy atom. The Bertz CT molecular complexity index is 563. The number of methoxy groups -OCH3 is 1. The first kappa shape index (κ1) is 13.9. The summed E-state index contributed by atoms with van der Waals surface area (Å²) in [5.41, 5.74) is 0.802. The van der Waals surface area contributed by atoms with Gasteiger partial charge in [-0.3, -0.25) is 0 Å². The van der Waals surface area contributed by atoms with Crippen LogP contribution >= 0.6 is 15.9 Å². The van der Waals surface area contributed by atoms with Crippen LogP contribution in [0, 0.1) is 5.82 Å². The third kappa shape index (κ3) is 3.48. The maximum atomic E-state index is 13.6. The molecule has 0 amide bonds. The second-order valence-electron chi connectivity index (χ2n) is 3.96. The highest BCUT2D eigenvalue weighted by Gasteiger charge is 2.14. The highest BCUT2D eigenvalue weighted by Crippen LogP contribution is 2.21. The largest absolute Gasteiger partial charge is 0.480 e. The number of halogens is 2. The van der Waals surface area contributed by atoms with Crippen molar-refractivity contribution < 1.29 is 14.2 Å². The van der Waals surface area contributed by atoms with Gasteiger partial charge in [0.2, 0.25) is 5.88 Å². The molecule has 1 atom stereocenters. The second kappa shape index (κ2) is 6.08. The fourth-order valence-corrected chi connectivity index (χ4v) is 1.95. The summed E-state index contributed by atoms with van der Waals surface area (Å²) >= 11 is 3.18. The quantitative estimate of drug-likeness (QED) is 0.938. The van der Waals surface area contributed by atoms with Crippen LogP contribution in [0.1, 0.15) is 17.4 Å². The molecule has 19 heavy (non-hydrogen) atoms. The molecular formula is C13H12BrFN2O2. The number of aromatic nitrogens is 2. The third-order valence-corrected chi connectivity index (χ3v) is 3.13. The predicted molar refractivity (Wildman–Crippen MR) is 71.3 cm³/mol. The van der Waals surface area contributed by atoms with E-state index in [2.05, 4.69) is 26.1 Å². The fraction of sp³-hybridized carbons (Fsp3) is 0.231. The lowest BCUT2D eigenvalue weighted by Crippen LogP contribution is -2.07. The van der Waals surface area contributed by atoms with E-state index in [0.29, 0.717) is 21.6 Å². The Balaban J connectivity index is 2.13. The number of ether oxygens (including phenoxy) is 1. The van der Waals surface area contributed by atoms with Crippen molar-refractivity contribution in [3.05, 3.63) is 51.9 Å². The minimum Gasteiger partial charge on any atom is -0.480 e. The van der Waals surface area contributed by atoms with Crippen molar-refractivity contribution in [1.29, 1.82) is 0 Å². The summed E-state index contributed by atoms with van der Waals surface area (Å²) in [5.74, 6) is 0.000619. The summed E-state index contributed by atoms with van der Waals surface area (Å²) in [6.45, 7) is 0. The maximum absolute atomic E-state index is 13.6. The summed E-state index contributed by atoms with van der Waals surface area (Å²) in [4.78, 5) is 0. The average molecular weight is 327 g/mol. The zero-order valence-corrected chi connectivity index (χ0v) is 11.8. The minimum atomic E-state index is -0.908. The fourth-order valence-electron chi connectivity index (χ4n) is 1.62. The normalized spacial score (nSPS) is 12.2. The van der Waals surface area contributed by atoms with Gasteiger partial charge in [0, 0.05) is 17.0 Å². The van der Waals surface area contributed by atoms with E-state index in [1.165, 1.54) is 13.2 Å². The van der Waals surface area contributed by atoms with Crippen LogP contribution in [0.5, 0.6) is 5.88 Å². The molecule has 1 N–H and O–H groups in total. The van der Waals surface area contributed by atoms with Crippen LogP contribution in [-0.4, -0.2) is 22.4 Å². The topological polar surface area (TPSA) is 55.2 Å². The van der Waals surface area contributed by atoms with Crippen molar-refractivity contribution in [2.75, 3.05) is 7.11 Å². The Morgan fingerprint density at radius 3 is 2.68 bits per heavy atom. The molecule has 0 saturated carbocycles. The summed E-state index contributed by atoms with van der Waals surface area (Å²) in [6, 6.07) is 7.92. The van der Waals surface area contributed by atoms with Gasteiger partial charge in [0.15, 0.2) is 0 Å². The van der Waals surface area contributed by atoms with E-state index in [-0.39, 0.29) is 12.2 Å². The molecule has 0 spiro atoms. The predicted octanol–water partition coefficient (Wildman–Crippen LogP) is 2.66. The highest BCUT2D eigenvalue weighted by atomic mass is 79.9. The SMILES string of the molecule is COc1ccc(C(O)Cc2ccc(Br)cc2F)nn1. The van der Waals surface area contributed by atoms with Crippen molar-refractivity contribution in [2.45, 2.75) is 12.5 Å². The van der Waals surface area contributed by atoms with Crippen LogP contribution in [0.3, 0.4) is 0 Å². The van der Waals surface area contributed by atoms with Crippen LogP contribution in [0.15, 0.2) is 34.8 Å². The molecule has 0 saturated heterocycles. The Labute approximate surface area is 118 Å². The molecule has 2 rings (SSSR count). The molecule has 0 aliphatic carbocycles. The maximum Gasteiger partial charge on any atom is 0.233 e. The van der Waals surface area contributed by atoms with Crippen LogP contribution in [0.4, 0.5) is 4.39 Å². The second-order valence-corrected chi connectivity index (χ2v) is 4.87. The summed E-state index contributed by atoms with van der Waals surface area (Å²) in [6.07, 6.45) is -0.769. The smallest absolute Gasteiger partial charge is 0.233 e. The van der Waals surface area contributed by atoms with Crippen LogP contribution in [0.2, 0.25) is 0 Å². The van der Waals surface area contributed by atoms with Gasteiger partial charge >= 0.3 is 0 Å². The molecule has 1 heterocycles. The molecular weight excluding hydrogens is 315 g/mol. The molecule has 4 nitrogen and oxygen atoms in total. The minimum absolute atomic E-state index is 0.139. The van der Waals surface area contributed by atoms with Crippen molar-refractivity contribution in [1.82, 2.24) is 10.2 Å². The first-order valence-corrected chi connectivity index (χ1v) is 6.39. The van der Waals surface area contributed by atoms with E-state index >= 15 is 0 Å². The third-order valence-electron chi connectivity index (χ3n) is 2.64. The van der Waals surface area contributed by atoms with Gasteiger partial charge < -0.3 is 9.84 Å². The van der Waals surface area contributed by atoms with Crippen molar-refractivity contribution in [2.24, 2.45) is 0 Å². The molecule has 100 valence electrons. The van der Waals surface area contributed by atoms with E-state index in [1.807, 2.05) is 0 Å². The summed E-state index contributed by atoms with van der Waals surface area (Å²) in [7, 11) is 1.48. The zero-order chi connectivity index (χ0) is 13.8. The lowest BCUT2D eigenvalue weighted by atomic mass is 10.1. The molecule has 2 aromatic rings. The van der Waals surface area contributed by atoms with Gasteiger partial charge in [-0.15, -0.1) is 10.2 Å². The van der Waals surface area contributed by atoms with Crippen molar-refractivity contribution in [3.63, 3.8) is 0 Å². The number of hydrogen-bond donors (Lipinski definition) is 1. The van der Waals surface area contributed by atoms with Gasteiger partial charge in [0.05, 0.1) is 12.8 Å². The molecule has 0 fully saturated rings. The lowest BCUT2D eigenvalue weighted by molar-refractivity contribution is 0.170. The Kier molecular flexibility index (Phi) is 4.44. The molecule has 1 aromatic heterocycles. The van der Waals surface area contributed by atoms with Gasteiger partial charge in [-0.25, -0.2) is 4.39 Å². The van der Waals surface area contributed by atoms with Gasteiger partial charge in [0.25, 0.3) is 0 Å².